The van der Waals surface area contributed by atoms with Gasteiger partial charge in [-0.15, -0.1) is 0 Å². The van der Waals surface area contributed by atoms with E-state index in [1.54, 1.807) is 6.07 Å². The molecule has 7 heteroatoms. The van der Waals surface area contributed by atoms with Gasteiger partial charge in [0.25, 0.3) is 0 Å². The Morgan fingerprint density at radius 1 is 0.920 bits per heavy atom. The third-order valence-corrected chi connectivity index (χ3v) is 3.43. The van der Waals surface area contributed by atoms with Gasteiger partial charge in [-0.1, -0.05) is 30.3 Å². The van der Waals surface area contributed by atoms with Gasteiger partial charge in [-0.05, 0) is 19.1 Å². The molecule has 0 aliphatic rings. The van der Waals surface area contributed by atoms with Gasteiger partial charge in [-0.25, -0.2) is 18.2 Å². The third kappa shape index (κ3) is 3.71. The summed E-state index contributed by atoms with van der Waals surface area (Å²) >= 11 is 0. The molecule has 128 valence electrons. The predicted molar refractivity (Wildman–Crippen MR) is 91.2 cm³/mol. The van der Waals surface area contributed by atoms with Crippen LogP contribution < -0.4 is 10.6 Å². The van der Waals surface area contributed by atoms with Gasteiger partial charge in [-0.2, -0.15) is 4.98 Å². The highest BCUT2D eigenvalue weighted by Crippen LogP contribution is 2.26. The summed E-state index contributed by atoms with van der Waals surface area (Å²) in [6, 6.07) is 12.9. The van der Waals surface area contributed by atoms with E-state index in [0.29, 0.717) is 18.2 Å². The Labute approximate surface area is 142 Å². The van der Waals surface area contributed by atoms with Crippen molar-refractivity contribution in [1.82, 2.24) is 9.97 Å². The van der Waals surface area contributed by atoms with E-state index in [2.05, 4.69) is 20.6 Å². The van der Waals surface area contributed by atoms with Gasteiger partial charge in [0.05, 0.1) is 11.4 Å². The summed E-state index contributed by atoms with van der Waals surface area (Å²) in [6.45, 7) is 2.48. The Bertz CT molecular complexity index is 885. The van der Waals surface area contributed by atoms with Gasteiger partial charge in [0, 0.05) is 18.2 Å². The Balaban J connectivity index is 2.01. The average Bonchev–Trinajstić information content (AvgIpc) is 2.63. The summed E-state index contributed by atoms with van der Waals surface area (Å²) < 4.78 is 40.4. The Morgan fingerprint density at radius 2 is 1.68 bits per heavy atom. The van der Waals surface area contributed by atoms with E-state index < -0.39 is 17.5 Å². The summed E-state index contributed by atoms with van der Waals surface area (Å²) in [6.07, 6.45) is 0. The summed E-state index contributed by atoms with van der Waals surface area (Å²) in [5.74, 6) is -3.48. The molecule has 2 N–H and O–H groups in total. The number of hydrogen-bond acceptors (Lipinski definition) is 4. The van der Waals surface area contributed by atoms with Crippen LogP contribution in [0.25, 0.3) is 11.3 Å². The van der Waals surface area contributed by atoms with Crippen LogP contribution in [0.4, 0.5) is 30.6 Å². The molecule has 0 aliphatic carbocycles. The van der Waals surface area contributed by atoms with Crippen LogP contribution in [-0.4, -0.2) is 16.5 Å². The molecule has 0 aliphatic heterocycles. The summed E-state index contributed by atoms with van der Waals surface area (Å²) in [4.78, 5) is 8.62. The first-order valence-electron chi connectivity index (χ1n) is 7.67. The fraction of sp³-hybridized carbons (Fsp3) is 0.111. The van der Waals surface area contributed by atoms with E-state index in [-0.39, 0.29) is 11.5 Å². The molecular weight excluding hydrogens is 329 g/mol. The molecule has 0 atom stereocenters. The number of rotatable bonds is 5. The molecule has 2 aromatic carbocycles. The smallest absolute Gasteiger partial charge is 0.225 e. The second-order valence-corrected chi connectivity index (χ2v) is 5.21. The maximum Gasteiger partial charge on any atom is 0.225 e. The molecule has 0 fully saturated rings. The Morgan fingerprint density at radius 3 is 2.40 bits per heavy atom. The lowest BCUT2D eigenvalue weighted by Gasteiger charge is -2.11. The van der Waals surface area contributed by atoms with E-state index in [9.17, 15) is 13.2 Å². The molecule has 25 heavy (non-hydrogen) atoms. The van der Waals surface area contributed by atoms with Crippen molar-refractivity contribution in [1.29, 1.82) is 0 Å². The normalized spacial score (nSPS) is 10.6. The molecule has 4 nitrogen and oxygen atoms in total. The Kier molecular flexibility index (Phi) is 4.83. The Hall–Kier alpha value is -3.09. The second-order valence-electron chi connectivity index (χ2n) is 5.21. The topological polar surface area (TPSA) is 49.8 Å². The minimum atomic E-state index is -1.53. The SMILES string of the molecule is CCNc1nc(Nc2ccc(F)c(F)c2F)cc(-c2ccccc2)n1. The van der Waals surface area contributed by atoms with Crippen molar-refractivity contribution in [2.24, 2.45) is 0 Å². The first kappa shape index (κ1) is 16.8. The zero-order valence-corrected chi connectivity index (χ0v) is 13.4. The van der Waals surface area contributed by atoms with Crippen LogP contribution in [0, 0.1) is 17.5 Å². The maximum atomic E-state index is 13.9. The fourth-order valence-electron chi connectivity index (χ4n) is 2.27. The molecule has 0 saturated carbocycles. The van der Waals surface area contributed by atoms with Crippen LogP contribution in [0.5, 0.6) is 0 Å². The minimum absolute atomic E-state index is 0.209. The van der Waals surface area contributed by atoms with Crippen molar-refractivity contribution in [2.45, 2.75) is 6.92 Å². The van der Waals surface area contributed by atoms with Crippen LogP contribution in [0.15, 0.2) is 48.5 Å². The zero-order valence-electron chi connectivity index (χ0n) is 13.4. The molecule has 1 aromatic heterocycles. The largest absolute Gasteiger partial charge is 0.354 e. The number of nitrogens with one attached hydrogen (secondary N) is 2. The monoisotopic (exact) mass is 344 g/mol. The summed E-state index contributed by atoms with van der Waals surface area (Å²) in [5.41, 5.74) is 1.24. The fourth-order valence-corrected chi connectivity index (χ4v) is 2.27. The van der Waals surface area contributed by atoms with Crippen LogP contribution in [0.2, 0.25) is 0 Å². The quantitative estimate of drug-likeness (QED) is 0.657. The minimum Gasteiger partial charge on any atom is -0.354 e. The van der Waals surface area contributed by atoms with Crippen LogP contribution in [0.1, 0.15) is 6.92 Å². The maximum absolute atomic E-state index is 13.9. The molecule has 0 radical (unpaired) electrons. The van der Waals surface area contributed by atoms with Crippen molar-refractivity contribution >= 4 is 17.5 Å². The average molecular weight is 344 g/mol. The molecule has 0 unspecified atom stereocenters. The van der Waals surface area contributed by atoms with Gasteiger partial charge in [-0.3, -0.25) is 0 Å². The number of anilines is 3. The van der Waals surface area contributed by atoms with Crippen LogP contribution >= 0.6 is 0 Å². The zero-order chi connectivity index (χ0) is 17.8. The standard InChI is InChI=1S/C18H15F3N4/c1-2-22-18-24-14(11-6-4-3-5-7-11)10-15(25-18)23-13-9-8-12(19)16(20)17(13)21/h3-10H,2H2,1H3,(H2,22,23,24,25). The van der Waals surface area contributed by atoms with Gasteiger partial charge >= 0.3 is 0 Å². The molecule has 3 rings (SSSR count). The van der Waals surface area contributed by atoms with E-state index >= 15 is 0 Å². The summed E-state index contributed by atoms with van der Waals surface area (Å²) in [7, 11) is 0. The molecule has 0 amide bonds. The number of halogens is 3. The third-order valence-electron chi connectivity index (χ3n) is 3.43. The lowest BCUT2D eigenvalue weighted by molar-refractivity contribution is 0.449. The van der Waals surface area contributed by atoms with Crippen LogP contribution in [-0.2, 0) is 0 Å². The van der Waals surface area contributed by atoms with Gasteiger partial charge in [0.1, 0.15) is 5.82 Å². The lowest BCUT2D eigenvalue weighted by atomic mass is 10.1. The van der Waals surface area contributed by atoms with Crippen molar-refractivity contribution in [3.05, 3.63) is 66.0 Å². The van der Waals surface area contributed by atoms with E-state index in [4.69, 9.17) is 0 Å². The molecule has 0 spiro atoms. The molecule has 1 heterocycles. The highest BCUT2D eigenvalue weighted by Gasteiger charge is 2.15. The number of nitrogens with zero attached hydrogens (tertiary/aromatic N) is 2. The van der Waals surface area contributed by atoms with Crippen molar-refractivity contribution in [3.8, 4) is 11.3 Å². The van der Waals surface area contributed by atoms with E-state index in [0.717, 1.165) is 17.7 Å². The predicted octanol–water partition coefficient (Wildman–Crippen LogP) is 4.74. The first-order chi connectivity index (χ1) is 12.1. The van der Waals surface area contributed by atoms with Crippen molar-refractivity contribution in [2.75, 3.05) is 17.2 Å². The van der Waals surface area contributed by atoms with Gasteiger partial charge in [0.15, 0.2) is 17.5 Å². The molecule has 0 saturated heterocycles. The van der Waals surface area contributed by atoms with Gasteiger partial charge in [0.2, 0.25) is 5.95 Å². The lowest BCUT2D eigenvalue weighted by Crippen LogP contribution is -2.06. The highest BCUT2D eigenvalue weighted by atomic mass is 19.2. The van der Waals surface area contributed by atoms with E-state index in [1.165, 1.54) is 0 Å². The molecule has 3 aromatic rings. The number of aromatic nitrogens is 2. The highest BCUT2D eigenvalue weighted by molar-refractivity contribution is 5.67. The van der Waals surface area contributed by atoms with Crippen molar-refractivity contribution in [3.63, 3.8) is 0 Å². The molecular formula is C18H15F3N4. The van der Waals surface area contributed by atoms with Crippen LogP contribution in [0.3, 0.4) is 0 Å². The number of hydrogen-bond donors (Lipinski definition) is 2. The van der Waals surface area contributed by atoms with Crippen molar-refractivity contribution < 1.29 is 13.2 Å². The first-order valence-corrected chi connectivity index (χ1v) is 7.67. The van der Waals surface area contributed by atoms with Gasteiger partial charge < -0.3 is 10.6 Å². The second kappa shape index (κ2) is 7.21. The molecule has 0 bridgehead atoms. The van der Waals surface area contributed by atoms with E-state index in [1.807, 2.05) is 37.3 Å². The summed E-state index contributed by atoms with van der Waals surface area (Å²) in [5, 5.41) is 5.67. The number of benzene rings is 2.